The molecule has 1 aliphatic heterocycles. The van der Waals surface area contributed by atoms with Crippen LogP contribution in [-0.4, -0.2) is 5.91 Å². The van der Waals surface area contributed by atoms with Gasteiger partial charge in [0.05, 0.1) is 10.7 Å². The van der Waals surface area contributed by atoms with Crippen LogP contribution in [0.1, 0.15) is 18.4 Å². The van der Waals surface area contributed by atoms with Crippen LogP contribution < -0.4 is 5.32 Å². The number of carbonyl (C=O) groups excluding carboxylic acids is 1. The summed E-state index contributed by atoms with van der Waals surface area (Å²) in [6.07, 6.45) is 2.42. The quantitative estimate of drug-likeness (QED) is 0.678. The Hall–Kier alpha value is -1.02. The highest BCUT2D eigenvalue weighted by Gasteiger charge is 2.14. The number of halogens is 1. The Bertz CT molecular complexity index is 349. The third-order valence-corrected chi connectivity index (χ3v) is 2.53. The predicted octanol–water partition coefficient (Wildman–Crippen LogP) is 2.61. The van der Waals surface area contributed by atoms with Gasteiger partial charge in [0, 0.05) is 6.42 Å². The highest BCUT2D eigenvalue weighted by Crippen LogP contribution is 2.29. The molecular weight excluding hydrogens is 186 g/mol. The first-order valence-electron chi connectivity index (χ1n) is 4.34. The fourth-order valence-corrected chi connectivity index (χ4v) is 1.80. The molecule has 0 saturated carbocycles. The molecule has 0 saturated heterocycles. The lowest BCUT2D eigenvalue weighted by molar-refractivity contribution is -0.116. The molecule has 13 heavy (non-hydrogen) atoms. The van der Waals surface area contributed by atoms with E-state index in [1.807, 2.05) is 12.1 Å². The summed E-state index contributed by atoms with van der Waals surface area (Å²) in [6, 6.07) is 5.72. The van der Waals surface area contributed by atoms with Crippen LogP contribution in [0.4, 0.5) is 5.69 Å². The molecule has 2 nitrogen and oxygen atoms in total. The highest BCUT2D eigenvalue weighted by atomic mass is 35.5. The maximum Gasteiger partial charge on any atom is 0.224 e. The van der Waals surface area contributed by atoms with E-state index in [4.69, 9.17) is 11.6 Å². The van der Waals surface area contributed by atoms with Crippen molar-refractivity contribution in [2.45, 2.75) is 19.3 Å². The monoisotopic (exact) mass is 195 g/mol. The van der Waals surface area contributed by atoms with Crippen molar-refractivity contribution < 1.29 is 4.79 Å². The van der Waals surface area contributed by atoms with Gasteiger partial charge in [0.2, 0.25) is 5.91 Å². The second-order valence-electron chi connectivity index (χ2n) is 3.18. The van der Waals surface area contributed by atoms with E-state index in [-0.39, 0.29) is 5.91 Å². The third-order valence-electron chi connectivity index (χ3n) is 2.21. The Morgan fingerprint density at radius 1 is 1.31 bits per heavy atom. The number of anilines is 1. The fraction of sp³-hybridized carbons (Fsp3) is 0.300. The summed E-state index contributed by atoms with van der Waals surface area (Å²) in [5.74, 6) is 0.0619. The number of aryl methyl sites for hydroxylation is 1. The number of hydrogen-bond acceptors (Lipinski definition) is 1. The summed E-state index contributed by atoms with van der Waals surface area (Å²) in [5.41, 5.74) is 1.94. The van der Waals surface area contributed by atoms with E-state index in [2.05, 4.69) is 5.32 Å². The van der Waals surface area contributed by atoms with Gasteiger partial charge in [0.15, 0.2) is 0 Å². The average Bonchev–Trinajstić information content (AvgIpc) is 2.28. The molecule has 68 valence electrons. The molecule has 1 aromatic carbocycles. The number of fused-ring (bicyclic) bond motifs is 1. The first-order valence-corrected chi connectivity index (χ1v) is 4.72. The molecule has 0 atom stereocenters. The Labute approximate surface area is 81.9 Å². The van der Waals surface area contributed by atoms with E-state index in [1.54, 1.807) is 6.07 Å². The summed E-state index contributed by atoms with van der Waals surface area (Å²) in [7, 11) is 0. The minimum atomic E-state index is 0.0619. The number of hydrogen-bond donors (Lipinski definition) is 1. The van der Waals surface area contributed by atoms with Gasteiger partial charge in [-0.15, -0.1) is 0 Å². The molecule has 1 amide bonds. The van der Waals surface area contributed by atoms with Gasteiger partial charge in [-0.3, -0.25) is 4.79 Å². The second-order valence-corrected chi connectivity index (χ2v) is 3.58. The van der Waals surface area contributed by atoms with Crippen LogP contribution in [0.15, 0.2) is 18.2 Å². The molecule has 1 aromatic rings. The van der Waals surface area contributed by atoms with E-state index in [1.165, 1.54) is 0 Å². The van der Waals surface area contributed by atoms with Gasteiger partial charge < -0.3 is 5.32 Å². The van der Waals surface area contributed by atoms with Gasteiger partial charge in [-0.2, -0.15) is 0 Å². The Balaban J connectivity index is 2.46. The molecule has 1 N–H and O–H groups in total. The third kappa shape index (κ3) is 1.68. The number of amides is 1. The van der Waals surface area contributed by atoms with Crippen LogP contribution in [0.2, 0.25) is 5.02 Å². The lowest BCUT2D eigenvalue weighted by Gasteiger charge is -2.07. The predicted molar refractivity (Wildman–Crippen MR) is 53.0 cm³/mol. The van der Waals surface area contributed by atoms with Crippen LogP contribution in [0.25, 0.3) is 0 Å². The SMILES string of the molecule is O=C1CCCc2cccc(Cl)c2N1. The van der Waals surface area contributed by atoms with Crippen molar-refractivity contribution in [3.63, 3.8) is 0 Å². The van der Waals surface area contributed by atoms with Crippen molar-refractivity contribution >= 4 is 23.2 Å². The van der Waals surface area contributed by atoms with Crippen molar-refractivity contribution in [3.05, 3.63) is 28.8 Å². The average molecular weight is 196 g/mol. The molecule has 1 heterocycles. The molecule has 2 rings (SSSR count). The summed E-state index contributed by atoms with van der Waals surface area (Å²) >= 11 is 5.97. The number of carbonyl (C=O) groups is 1. The lowest BCUT2D eigenvalue weighted by atomic mass is 10.1. The van der Waals surface area contributed by atoms with Crippen LogP contribution >= 0.6 is 11.6 Å². The molecule has 0 aliphatic carbocycles. The van der Waals surface area contributed by atoms with Crippen LogP contribution in [0, 0.1) is 0 Å². The topological polar surface area (TPSA) is 29.1 Å². The zero-order valence-corrected chi connectivity index (χ0v) is 7.90. The van der Waals surface area contributed by atoms with Crippen molar-refractivity contribution in [2.75, 3.05) is 5.32 Å². The van der Waals surface area contributed by atoms with Gasteiger partial charge in [-0.25, -0.2) is 0 Å². The molecule has 0 fully saturated rings. The zero-order valence-electron chi connectivity index (χ0n) is 7.14. The van der Waals surface area contributed by atoms with Gasteiger partial charge in [0.25, 0.3) is 0 Å². The largest absolute Gasteiger partial charge is 0.325 e. The number of para-hydroxylation sites is 1. The first kappa shape index (κ1) is 8.57. The van der Waals surface area contributed by atoms with Crippen LogP contribution in [-0.2, 0) is 11.2 Å². The molecule has 0 spiro atoms. The van der Waals surface area contributed by atoms with E-state index >= 15 is 0 Å². The molecule has 0 aromatic heterocycles. The standard InChI is InChI=1S/C10H10ClNO/c11-8-5-1-3-7-4-2-6-9(13)12-10(7)8/h1,3,5H,2,4,6H2,(H,12,13). The van der Waals surface area contributed by atoms with E-state index in [9.17, 15) is 4.79 Å². The molecule has 0 unspecified atom stereocenters. The van der Waals surface area contributed by atoms with Gasteiger partial charge in [-0.05, 0) is 24.5 Å². The van der Waals surface area contributed by atoms with E-state index in [0.717, 1.165) is 24.1 Å². The number of rotatable bonds is 0. The van der Waals surface area contributed by atoms with E-state index in [0.29, 0.717) is 11.4 Å². The summed E-state index contributed by atoms with van der Waals surface area (Å²) in [5, 5.41) is 3.45. The molecule has 1 aliphatic rings. The first-order chi connectivity index (χ1) is 6.27. The molecule has 0 radical (unpaired) electrons. The fourth-order valence-electron chi connectivity index (χ4n) is 1.56. The highest BCUT2D eigenvalue weighted by molar-refractivity contribution is 6.34. The summed E-state index contributed by atoms with van der Waals surface area (Å²) in [6.45, 7) is 0. The number of nitrogens with one attached hydrogen (secondary N) is 1. The maximum atomic E-state index is 11.2. The lowest BCUT2D eigenvalue weighted by Crippen LogP contribution is -2.09. The van der Waals surface area contributed by atoms with Gasteiger partial charge >= 0.3 is 0 Å². The van der Waals surface area contributed by atoms with Crippen molar-refractivity contribution in [1.82, 2.24) is 0 Å². The van der Waals surface area contributed by atoms with Crippen molar-refractivity contribution in [3.8, 4) is 0 Å². The van der Waals surface area contributed by atoms with Crippen molar-refractivity contribution in [2.24, 2.45) is 0 Å². The van der Waals surface area contributed by atoms with Crippen LogP contribution in [0.5, 0.6) is 0 Å². The molecule has 3 heteroatoms. The summed E-state index contributed by atoms with van der Waals surface area (Å²) < 4.78 is 0. The minimum Gasteiger partial charge on any atom is -0.325 e. The summed E-state index contributed by atoms with van der Waals surface area (Å²) in [4.78, 5) is 11.2. The Morgan fingerprint density at radius 3 is 3.00 bits per heavy atom. The molecular formula is C10H10ClNO. The Morgan fingerprint density at radius 2 is 2.15 bits per heavy atom. The zero-order chi connectivity index (χ0) is 9.26. The normalized spacial score (nSPS) is 15.9. The minimum absolute atomic E-state index is 0.0619. The Kier molecular flexibility index (Phi) is 2.23. The van der Waals surface area contributed by atoms with Crippen molar-refractivity contribution in [1.29, 1.82) is 0 Å². The second kappa shape index (κ2) is 3.38. The van der Waals surface area contributed by atoms with Gasteiger partial charge in [0.1, 0.15) is 0 Å². The smallest absolute Gasteiger partial charge is 0.224 e. The maximum absolute atomic E-state index is 11.2. The van der Waals surface area contributed by atoms with Crippen LogP contribution in [0.3, 0.4) is 0 Å². The number of benzene rings is 1. The van der Waals surface area contributed by atoms with Gasteiger partial charge in [-0.1, -0.05) is 23.7 Å². The van der Waals surface area contributed by atoms with E-state index < -0.39 is 0 Å². The molecule has 0 bridgehead atoms.